The van der Waals surface area contributed by atoms with E-state index in [0.29, 0.717) is 0 Å². The highest BCUT2D eigenvalue weighted by Crippen LogP contribution is 2.15. The van der Waals surface area contributed by atoms with Gasteiger partial charge in [0.1, 0.15) is 5.82 Å². The summed E-state index contributed by atoms with van der Waals surface area (Å²) in [6.45, 7) is 7.75. The molecule has 0 unspecified atom stereocenters. The lowest BCUT2D eigenvalue weighted by atomic mass is 10.0. The summed E-state index contributed by atoms with van der Waals surface area (Å²) in [4.78, 5) is 0. The van der Waals surface area contributed by atoms with E-state index in [9.17, 15) is 4.39 Å². The van der Waals surface area contributed by atoms with Gasteiger partial charge in [0.25, 0.3) is 0 Å². The van der Waals surface area contributed by atoms with Crippen molar-refractivity contribution in [3.63, 3.8) is 0 Å². The van der Waals surface area contributed by atoms with Crippen molar-refractivity contribution in [2.24, 2.45) is 0 Å². The van der Waals surface area contributed by atoms with E-state index in [2.05, 4.69) is 6.92 Å². The van der Waals surface area contributed by atoms with Crippen LogP contribution in [0.3, 0.4) is 0 Å². The van der Waals surface area contributed by atoms with Crippen molar-refractivity contribution < 1.29 is 4.39 Å². The maximum absolute atomic E-state index is 12.8. The van der Waals surface area contributed by atoms with E-state index in [1.807, 2.05) is 13.8 Å². The Morgan fingerprint density at radius 1 is 1.45 bits per heavy atom. The number of halogens is 1. The fraction of sp³-hybridized carbons (Fsp3) is 0.300. The zero-order valence-corrected chi connectivity index (χ0v) is 6.95. The second-order valence-corrected chi connectivity index (χ2v) is 2.71. The molecule has 1 radical (unpaired) electrons. The fourth-order valence-corrected chi connectivity index (χ4v) is 1.16. The molecule has 1 aromatic rings. The van der Waals surface area contributed by atoms with Gasteiger partial charge in [-0.15, -0.1) is 0 Å². The number of aryl methyl sites for hydroxylation is 2. The predicted molar refractivity (Wildman–Crippen MR) is 45.0 cm³/mol. The Kier molecular flexibility index (Phi) is 2.28. The van der Waals surface area contributed by atoms with Gasteiger partial charge in [-0.25, -0.2) is 4.39 Å². The first-order valence-electron chi connectivity index (χ1n) is 3.76. The Balaban J connectivity index is 3.24. The minimum Gasteiger partial charge on any atom is -0.207 e. The van der Waals surface area contributed by atoms with Crippen LogP contribution in [-0.4, -0.2) is 0 Å². The third kappa shape index (κ3) is 1.59. The van der Waals surface area contributed by atoms with Crippen molar-refractivity contribution in [3.8, 4) is 0 Å². The Labute approximate surface area is 67.1 Å². The molecule has 0 heterocycles. The maximum atomic E-state index is 12.8. The SMILES string of the molecule is [CH2]c1c(C)cc(F)cc1CC. The van der Waals surface area contributed by atoms with Gasteiger partial charge in [0.2, 0.25) is 0 Å². The largest absolute Gasteiger partial charge is 0.207 e. The summed E-state index contributed by atoms with van der Waals surface area (Å²) in [7, 11) is 0. The van der Waals surface area contributed by atoms with Crippen LogP contribution < -0.4 is 0 Å². The van der Waals surface area contributed by atoms with Crippen molar-refractivity contribution in [2.75, 3.05) is 0 Å². The van der Waals surface area contributed by atoms with E-state index in [-0.39, 0.29) is 5.82 Å². The van der Waals surface area contributed by atoms with Gasteiger partial charge in [0.15, 0.2) is 0 Å². The molecule has 1 heteroatoms. The Hall–Kier alpha value is -0.850. The molecule has 0 atom stereocenters. The molecule has 0 saturated carbocycles. The lowest BCUT2D eigenvalue weighted by Crippen LogP contribution is -1.91. The number of hydrogen-bond acceptors (Lipinski definition) is 0. The van der Waals surface area contributed by atoms with Gasteiger partial charge in [-0.3, -0.25) is 0 Å². The quantitative estimate of drug-likeness (QED) is 0.579. The molecule has 0 bridgehead atoms. The van der Waals surface area contributed by atoms with Gasteiger partial charge in [0.05, 0.1) is 0 Å². The maximum Gasteiger partial charge on any atom is 0.123 e. The summed E-state index contributed by atoms with van der Waals surface area (Å²) in [5.41, 5.74) is 2.90. The summed E-state index contributed by atoms with van der Waals surface area (Å²) in [6, 6.07) is 3.07. The van der Waals surface area contributed by atoms with Crippen LogP contribution in [-0.2, 0) is 6.42 Å². The van der Waals surface area contributed by atoms with Gasteiger partial charge >= 0.3 is 0 Å². The fourth-order valence-electron chi connectivity index (χ4n) is 1.16. The lowest BCUT2D eigenvalue weighted by molar-refractivity contribution is 0.624. The molecule has 0 amide bonds. The zero-order chi connectivity index (χ0) is 8.43. The molecular weight excluding hydrogens is 139 g/mol. The summed E-state index contributed by atoms with van der Waals surface area (Å²) in [6.07, 6.45) is 0.845. The first-order valence-corrected chi connectivity index (χ1v) is 3.76. The molecule has 0 spiro atoms. The average Bonchev–Trinajstić information content (AvgIpc) is 1.96. The number of rotatable bonds is 1. The third-order valence-electron chi connectivity index (χ3n) is 1.91. The monoisotopic (exact) mass is 151 g/mol. The molecule has 0 N–H and O–H groups in total. The highest BCUT2D eigenvalue weighted by Gasteiger charge is 2.01. The highest BCUT2D eigenvalue weighted by atomic mass is 19.1. The smallest absolute Gasteiger partial charge is 0.123 e. The Morgan fingerprint density at radius 3 is 2.64 bits per heavy atom. The van der Waals surface area contributed by atoms with E-state index in [0.717, 1.165) is 23.1 Å². The van der Waals surface area contributed by atoms with Crippen molar-refractivity contribution in [1.29, 1.82) is 0 Å². The minimum atomic E-state index is -0.160. The molecule has 0 fully saturated rings. The molecule has 1 rings (SSSR count). The second-order valence-electron chi connectivity index (χ2n) is 2.71. The summed E-state index contributed by atoms with van der Waals surface area (Å²) < 4.78 is 12.8. The van der Waals surface area contributed by atoms with Crippen LogP contribution in [0.4, 0.5) is 4.39 Å². The molecule has 1 aromatic carbocycles. The van der Waals surface area contributed by atoms with Crippen LogP contribution in [0.1, 0.15) is 23.6 Å². The van der Waals surface area contributed by atoms with Crippen molar-refractivity contribution in [2.45, 2.75) is 20.3 Å². The normalized spacial score (nSPS) is 10.2. The van der Waals surface area contributed by atoms with Crippen LogP contribution in [0, 0.1) is 19.7 Å². The molecule has 0 aromatic heterocycles. The van der Waals surface area contributed by atoms with E-state index in [1.165, 1.54) is 6.07 Å². The molecule has 0 aliphatic carbocycles. The average molecular weight is 151 g/mol. The third-order valence-corrected chi connectivity index (χ3v) is 1.91. The van der Waals surface area contributed by atoms with Gasteiger partial charge in [0, 0.05) is 0 Å². The van der Waals surface area contributed by atoms with E-state index < -0.39 is 0 Å². The van der Waals surface area contributed by atoms with Gasteiger partial charge in [-0.1, -0.05) is 6.92 Å². The molecule has 0 nitrogen and oxygen atoms in total. The summed E-state index contributed by atoms with van der Waals surface area (Å²) in [5.74, 6) is -0.160. The zero-order valence-electron chi connectivity index (χ0n) is 6.95. The number of hydrogen-bond donors (Lipinski definition) is 0. The number of benzene rings is 1. The lowest BCUT2D eigenvalue weighted by Gasteiger charge is -2.05. The molecule has 0 saturated heterocycles. The molecule has 59 valence electrons. The topological polar surface area (TPSA) is 0 Å². The standard InChI is InChI=1S/C10H12F/c1-4-9-6-10(11)5-7(2)8(9)3/h5-6H,3-4H2,1-2H3. The summed E-state index contributed by atoms with van der Waals surface area (Å²) >= 11 is 0. The van der Waals surface area contributed by atoms with Crippen molar-refractivity contribution >= 4 is 0 Å². The van der Waals surface area contributed by atoms with E-state index in [4.69, 9.17) is 0 Å². The summed E-state index contributed by atoms with van der Waals surface area (Å²) in [5, 5.41) is 0. The van der Waals surface area contributed by atoms with Crippen LogP contribution in [0.2, 0.25) is 0 Å². The second kappa shape index (κ2) is 3.04. The van der Waals surface area contributed by atoms with Crippen LogP contribution >= 0.6 is 0 Å². The van der Waals surface area contributed by atoms with Crippen LogP contribution in [0.25, 0.3) is 0 Å². The molecule has 0 aliphatic heterocycles. The van der Waals surface area contributed by atoms with Crippen LogP contribution in [0.5, 0.6) is 0 Å². The van der Waals surface area contributed by atoms with Gasteiger partial charge in [-0.05, 0) is 49.1 Å². The predicted octanol–water partition coefficient (Wildman–Crippen LogP) is 2.88. The van der Waals surface area contributed by atoms with Crippen LogP contribution in [0.15, 0.2) is 12.1 Å². The molecule has 0 aliphatic rings. The van der Waals surface area contributed by atoms with Gasteiger partial charge < -0.3 is 0 Å². The Bertz CT molecular complexity index is 264. The van der Waals surface area contributed by atoms with Gasteiger partial charge in [-0.2, -0.15) is 0 Å². The van der Waals surface area contributed by atoms with E-state index in [1.54, 1.807) is 6.07 Å². The van der Waals surface area contributed by atoms with E-state index >= 15 is 0 Å². The first-order chi connectivity index (χ1) is 5.15. The molecular formula is C10H12F. The minimum absolute atomic E-state index is 0.160. The Morgan fingerprint density at radius 2 is 2.09 bits per heavy atom. The molecule has 11 heavy (non-hydrogen) atoms. The first kappa shape index (κ1) is 8.25. The van der Waals surface area contributed by atoms with Crippen molar-refractivity contribution in [1.82, 2.24) is 0 Å². The van der Waals surface area contributed by atoms with Crippen molar-refractivity contribution in [3.05, 3.63) is 41.6 Å². The highest BCUT2D eigenvalue weighted by molar-refractivity contribution is 5.37.